The normalized spacial score (nSPS) is 14.5. The van der Waals surface area contributed by atoms with Gasteiger partial charge in [0.25, 0.3) is 5.91 Å². The molecule has 0 unspecified atom stereocenters. The molecule has 3 aromatic rings. The van der Waals surface area contributed by atoms with Gasteiger partial charge in [0, 0.05) is 43.8 Å². The highest BCUT2D eigenvalue weighted by molar-refractivity contribution is 6.01. The van der Waals surface area contributed by atoms with Gasteiger partial charge in [-0.2, -0.15) is 5.10 Å². The maximum atomic E-state index is 12.4. The van der Waals surface area contributed by atoms with E-state index >= 15 is 0 Å². The third-order valence-electron chi connectivity index (χ3n) is 5.52. The minimum Gasteiger partial charge on any atom is -0.368 e. The molecule has 158 valence electrons. The minimum absolute atomic E-state index is 0.0372. The molecule has 1 aromatic carbocycles. The van der Waals surface area contributed by atoms with Gasteiger partial charge in [0.1, 0.15) is 0 Å². The molecule has 0 radical (unpaired) electrons. The Morgan fingerprint density at radius 3 is 2.81 bits per heavy atom. The Morgan fingerprint density at radius 1 is 1.19 bits per heavy atom. The molecule has 10 nitrogen and oxygen atoms in total. The molecule has 0 spiro atoms. The highest BCUT2D eigenvalue weighted by Crippen LogP contribution is 2.43. The van der Waals surface area contributed by atoms with Crippen LogP contribution < -0.4 is 20.9 Å². The number of carbonyl (C=O) groups is 2. The summed E-state index contributed by atoms with van der Waals surface area (Å²) in [4.78, 5) is 26.7. The van der Waals surface area contributed by atoms with Crippen LogP contribution in [0.5, 0.6) is 0 Å². The van der Waals surface area contributed by atoms with Crippen molar-refractivity contribution in [2.24, 2.45) is 5.92 Å². The molecule has 0 atom stereocenters. The number of nitrogens with one attached hydrogen (secondary N) is 4. The lowest BCUT2D eigenvalue weighted by Crippen LogP contribution is -2.24. The minimum atomic E-state index is -0.371. The fraction of sp³-hybridized carbons (Fsp3) is 0.286. The predicted molar refractivity (Wildman–Crippen MR) is 116 cm³/mol. The number of carbonyl (C=O) groups excluding carboxylic acids is 2. The average molecular weight is 418 g/mol. The highest BCUT2D eigenvalue weighted by Gasteiger charge is 2.30. The fourth-order valence-electron chi connectivity index (χ4n) is 3.81. The summed E-state index contributed by atoms with van der Waals surface area (Å²) in [6, 6.07) is 7.54. The van der Waals surface area contributed by atoms with Gasteiger partial charge in [0.15, 0.2) is 11.5 Å². The van der Waals surface area contributed by atoms with Crippen LogP contribution in [-0.2, 0) is 11.3 Å². The van der Waals surface area contributed by atoms with Crippen molar-refractivity contribution < 1.29 is 9.59 Å². The third-order valence-corrected chi connectivity index (χ3v) is 5.52. The summed E-state index contributed by atoms with van der Waals surface area (Å²) in [6.45, 7) is 0.705. The van der Waals surface area contributed by atoms with Crippen molar-refractivity contribution in [2.45, 2.75) is 19.4 Å². The molecule has 0 bridgehead atoms. The zero-order chi connectivity index (χ0) is 21.5. The molecule has 2 aliphatic rings. The molecule has 2 aromatic heterocycles. The lowest BCUT2D eigenvalue weighted by Gasteiger charge is -2.30. The number of fused-ring (bicyclic) bond motifs is 3. The van der Waals surface area contributed by atoms with Crippen LogP contribution in [0, 0.1) is 5.92 Å². The van der Waals surface area contributed by atoms with Crippen molar-refractivity contribution in [2.75, 3.05) is 29.6 Å². The van der Waals surface area contributed by atoms with Gasteiger partial charge < -0.3 is 20.9 Å². The second kappa shape index (κ2) is 7.38. The van der Waals surface area contributed by atoms with Gasteiger partial charge in [-0.3, -0.25) is 14.7 Å². The Bertz CT molecular complexity index is 1180. The van der Waals surface area contributed by atoms with Gasteiger partial charge in [-0.1, -0.05) is 12.1 Å². The van der Waals surface area contributed by atoms with Gasteiger partial charge in [0.05, 0.1) is 29.0 Å². The van der Waals surface area contributed by atoms with E-state index < -0.39 is 0 Å². The topological polar surface area (TPSA) is 128 Å². The zero-order valence-electron chi connectivity index (χ0n) is 17.2. The van der Waals surface area contributed by atoms with Crippen molar-refractivity contribution in [1.82, 2.24) is 25.7 Å². The van der Waals surface area contributed by atoms with Crippen LogP contribution in [0.1, 0.15) is 28.9 Å². The SMILES string of the molecule is CNC(=O)c1nnc(NC(=O)C2CC2)cc1Nc1cccc2c1N(C)Cc1cn[nH]c1-2. The summed E-state index contributed by atoms with van der Waals surface area (Å²) in [6.07, 6.45) is 3.61. The number of nitrogens with zero attached hydrogens (tertiary/aromatic N) is 4. The van der Waals surface area contributed by atoms with Crippen LogP contribution in [0.25, 0.3) is 11.3 Å². The lowest BCUT2D eigenvalue weighted by molar-refractivity contribution is -0.117. The van der Waals surface area contributed by atoms with Gasteiger partial charge in [-0.15, -0.1) is 10.2 Å². The maximum absolute atomic E-state index is 12.4. The van der Waals surface area contributed by atoms with Gasteiger partial charge in [-0.25, -0.2) is 0 Å². The van der Waals surface area contributed by atoms with E-state index in [2.05, 4.69) is 41.2 Å². The Labute approximate surface area is 178 Å². The standard InChI is InChI=1S/C21H22N8O2/c1-22-21(31)18-15(8-16(26-28-18)25-20(30)11-6-7-11)24-14-5-3-4-13-17-12(9-23-27-17)10-29(2)19(13)14/h3-5,8-9,11H,6-7,10H2,1-2H3,(H,22,31)(H,23,27)(H2,24,25,26,30). The molecule has 1 fully saturated rings. The highest BCUT2D eigenvalue weighted by atomic mass is 16.2. The summed E-state index contributed by atoms with van der Waals surface area (Å²) >= 11 is 0. The fourth-order valence-corrected chi connectivity index (χ4v) is 3.81. The monoisotopic (exact) mass is 418 g/mol. The number of para-hydroxylation sites is 1. The van der Waals surface area contributed by atoms with E-state index in [4.69, 9.17) is 0 Å². The Hall–Kier alpha value is -3.95. The summed E-state index contributed by atoms with van der Waals surface area (Å²) in [5.41, 5.74) is 5.49. The van der Waals surface area contributed by atoms with E-state index in [9.17, 15) is 9.59 Å². The summed E-state index contributed by atoms with van der Waals surface area (Å²) < 4.78 is 0. The van der Waals surface area contributed by atoms with Gasteiger partial charge >= 0.3 is 0 Å². The number of aromatic amines is 1. The maximum Gasteiger partial charge on any atom is 0.273 e. The van der Waals surface area contributed by atoms with E-state index in [0.29, 0.717) is 18.1 Å². The number of benzene rings is 1. The first-order valence-corrected chi connectivity index (χ1v) is 10.1. The molecular formula is C21H22N8O2. The molecule has 1 aliphatic carbocycles. The third kappa shape index (κ3) is 3.45. The van der Waals surface area contributed by atoms with E-state index in [1.54, 1.807) is 6.07 Å². The molecule has 2 amide bonds. The molecule has 3 heterocycles. The Balaban J connectivity index is 1.54. The molecule has 1 saturated carbocycles. The first-order valence-electron chi connectivity index (χ1n) is 10.1. The summed E-state index contributed by atoms with van der Waals surface area (Å²) in [5.74, 6) is -0.100. The van der Waals surface area contributed by atoms with Crippen LogP contribution >= 0.6 is 0 Å². The molecule has 5 rings (SSSR count). The van der Waals surface area contributed by atoms with E-state index in [1.165, 1.54) is 7.05 Å². The second-order valence-corrected chi connectivity index (χ2v) is 7.79. The average Bonchev–Trinajstić information content (AvgIpc) is 3.52. The second-order valence-electron chi connectivity index (χ2n) is 7.79. The largest absolute Gasteiger partial charge is 0.368 e. The lowest BCUT2D eigenvalue weighted by atomic mass is 9.99. The van der Waals surface area contributed by atoms with Crippen LogP contribution in [0.4, 0.5) is 22.9 Å². The summed E-state index contributed by atoms with van der Waals surface area (Å²) in [7, 11) is 3.54. The first-order chi connectivity index (χ1) is 15.0. The van der Waals surface area contributed by atoms with Gasteiger partial charge in [0.2, 0.25) is 5.91 Å². The number of aromatic nitrogens is 4. The number of hydrogen-bond acceptors (Lipinski definition) is 7. The van der Waals surface area contributed by atoms with Gasteiger partial charge in [-0.05, 0) is 18.9 Å². The number of hydrogen-bond donors (Lipinski definition) is 4. The molecule has 1 aliphatic heterocycles. The van der Waals surface area contributed by atoms with Crippen LogP contribution in [0.3, 0.4) is 0 Å². The van der Waals surface area contributed by atoms with Crippen LogP contribution in [0.15, 0.2) is 30.5 Å². The zero-order valence-corrected chi connectivity index (χ0v) is 17.2. The Kier molecular flexibility index (Phi) is 4.54. The molecule has 0 saturated heterocycles. The molecule has 10 heteroatoms. The van der Waals surface area contributed by atoms with Crippen molar-refractivity contribution in [3.05, 3.63) is 41.7 Å². The van der Waals surface area contributed by atoms with Crippen molar-refractivity contribution in [3.63, 3.8) is 0 Å². The van der Waals surface area contributed by atoms with Crippen molar-refractivity contribution >= 4 is 34.7 Å². The van der Waals surface area contributed by atoms with E-state index in [1.807, 2.05) is 31.4 Å². The molecule has 4 N–H and O–H groups in total. The number of amides is 2. The smallest absolute Gasteiger partial charge is 0.273 e. The van der Waals surface area contributed by atoms with E-state index in [0.717, 1.165) is 41.0 Å². The van der Waals surface area contributed by atoms with Crippen LogP contribution in [0.2, 0.25) is 0 Å². The van der Waals surface area contributed by atoms with Crippen LogP contribution in [-0.4, -0.2) is 46.3 Å². The summed E-state index contributed by atoms with van der Waals surface area (Å²) in [5, 5.41) is 24.0. The number of H-pyrrole nitrogens is 1. The molecule has 31 heavy (non-hydrogen) atoms. The number of rotatable bonds is 5. The quantitative estimate of drug-likeness (QED) is 0.500. The van der Waals surface area contributed by atoms with E-state index in [-0.39, 0.29) is 23.4 Å². The number of anilines is 4. The van der Waals surface area contributed by atoms with Crippen molar-refractivity contribution in [1.29, 1.82) is 0 Å². The molecular weight excluding hydrogens is 396 g/mol. The predicted octanol–water partition coefficient (Wildman–Crippen LogP) is 2.27. The Morgan fingerprint density at radius 2 is 2.03 bits per heavy atom. The first kappa shape index (κ1) is 19.0. The van der Waals surface area contributed by atoms with Crippen molar-refractivity contribution in [3.8, 4) is 11.3 Å².